The summed E-state index contributed by atoms with van der Waals surface area (Å²) in [5.74, 6) is -0.808. The van der Waals surface area contributed by atoms with Gasteiger partial charge in [0, 0.05) is 5.92 Å². The van der Waals surface area contributed by atoms with Gasteiger partial charge in [0.25, 0.3) is 0 Å². The molecule has 0 N–H and O–H groups in total. The number of ketones is 1. The Kier molecular flexibility index (Phi) is 4.46. The molecule has 17 heavy (non-hydrogen) atoms. The van der Waals surface area contributed by atoms with Crippen molar-refractivity contribution >= 4 is 15.6 Å². The van der Waals surface area contributed by atoms with Crippen LogP contribution in [0.15, 0.2) is 29.2 Å². The van der Waals surface area contributed by atoms with Gasteiger partial charge in [-0.05, 0) is 25.0 Å². The molecule has 0 radical (unpaired) electrons. The Labute approximate surface area is 103 Å². The van der Waals surface area contributed by atoms with Crippen LogP contribution in [0.25, 0.3) is 0 Å². The van der Waals surface area contributed by atoms with E-state index in [0.29, 0.717) is 12.0 Å². The Balaban J connectivity index is 2.98. The molecule has 1 aromatic rings. The second kappa shape index (κ2) is 5.45. The summed E-state index contributed by atoms with van der Waals surface area (Å²) in [6.07, 6.45) is 0.669. The number of aryl methyl sites for hydroxylation is 1. The summed E-state index contributed by atoms with van der Waals surface area (Å²) < 4.78 is 24.1. The lowest BCUT2D eigenvalue weighted by atomic mass is 10.1. The minimum atomic E-state index is -3.49. The zero-order valence-corrected chi connectivity index (χ0v) is 11.3. The van der Waals surface area contributed by atoms with Crippen LogP contribution in [0.1, 0.15) is 25.8 Å². The van der Waals surface area contributed by atoms with E-state index in [-0.39, 0.29) is 16.6 Å². The molecule has 1 aromatic carbocycles. The first kappa shape index (κ1) is 13.9. The van der Waals surface area contributed by atoms with Crippen LogP contribution in [-0.2, 0) is 14.6 Å². The van der Waals surface area contributed by atoms with Gasteiger partial charge in [0.05, 0.1) is 4.90 Å². The van der Waals surface area contributed by atoms with Crippen LogP contribution < -0.4 is 0 Å². The normalized spacial score (nSPS) is 13.4. The van der Waals surface area contributed by atoms with Gasteiger partial charge in [-0.15, -0.1) is 0 Å². The summed E-state index contributed by atoms with van der Waals surface area (Å²) in [5.41, 5.74) is 0.685. The number of carbonyl (C=O) groups excluding carboxylic acids is 1. The Bertz CT molecular complexity index is 503. The predicted octanol–water partition coefficient (Wildman–Crippen LogP) is 2.38. The molecule has 0 bridgehead atoms. The largest absolute Gasteiger partial charge is 0.298 e. The SMILES string of the molecule is CCC(C)C(=O)CS(=O)(=O)c1ccccc1C. The molecule has 1 atom stereocenters. The van der Waals surface area contributed by atoms with Crippen molar-refractivity contribution in [2.24, 2.45) is 5.92 Å². The number of sulfone groups is 1. The molecule has 0 fully saturated rings. The molecular weight excluding hydrogens is 236 g/mol. The van der Waals surface area contributed by atoms with Crippen LogP contribution in [0.3, 0.4) is 0 Å². The van der Waals surface area contributed by atoms with Gasteiger partial charge in [-0.25, -0.2) is 8.42 Å². The number of Topliss-reactive ketones (excluding diaryl/α,β-unsaturated/α-hetero) is 1. The molecule has 94 valence electrons. The summed E-state index contributed by atoms with van der Waals surface area (Å²) in [5, 5.41) is 0. The van der Waals surface area contributed by atoms with Crippen LogP contribution in [-0.4, -0.2) is 20.0 Å². The Morgan fingerprint density at radius 3 is 2.41 bits per heavy atom. The second-order valence-corrected chi connectivity index (χ2v) is 6.26. The minimum absolute atomic E-state index is 0.200. The van der Waals surface area contributed by atoms with Crippen molar-refractivity contribution < 1.29 is 13.2 Å². The molecule has 0 aromatic heterocycles. The molecule has 3 nitrogen and oxygen atoms in total. The standard InChI is InChI=1S/C13H18O3S/c1-4-10(2)12(14)9-17(15,16)13-8-6-5-7-11(13)3/h5-8,10H,4,9H2,1-3H3. The van der Waals surface area contributed by atoms with E-state index in [1.165, 1.54) is 0 Å². The molecule has 0 aliphatic carbocycles. The molecule has 4 heteroatoms. The topological polar surface area (TPSA) is 51.2 Å². The van der Waals surface area contributed by atoms with E-state index in [9.17, 15) is 13.2 Å². The zero-order chi connectivity index (χ0) is 13.1. The van der Waals surface area contributed by atoms with E-state index in [2.05, 4.69) is 0 Å². The molecular formula is C13H18O3S. The van der Waals surface area contributed by atoms with Gasteiger partial charge in [-0.3, -0.25) is 4.79 Å². The van der Waals surface area contributed by atoms with Gasteiger partial charge in [0.1, 0.15) is 5.75 Å². The molecule has 0 heterocycles. The third-order valence-corrected chi connectivity index (χ3v) is 4.72. The van der Waals surface area contributed by atoms with Gasteiger partial charge in [0.2, 0.25) is 0 Å². The Morgan fingerprint density at radius 1 is 1.29 bits per heavy atom. The first-order valence-electron chi connectivity index (χ1n) is 5.69. The average molecular weight is 254 g/mol. The van der Waals surface area contributed by atoms with Crippen molar-refractivity contribution in [2.75, 3.05) is 5.75 Å². The maximum Gasteiger partial charge on any atom is 0.185 e. The summed E-state index contributed by atoms with van der Waals surface area (Å²) in [6.45, 7) is 5.37. The van der Waals surface area contributed by atoms with Crippen molar-refractivity contribution in [2.45, 2.75) is 32.1 Å². The number of carbonyl (C=O) groups is 1. The molecule has 0 aliphatic heterocycles. The van der Waals surface area contributed by atoms with Crippen molar-refractivity contribution in [1.82, 2.24) is 0 Å². The van der Waals surface area contributed by atoms with Crippen molar-refractivity contribution in [3.05, 3.63) is 29.8 Å². The van der Waals surface area contributed by atoms with Crippen LogP contribution >= 0.6 is 0 Å². The summed E-state index contributed by atoms with van der Waals surface area (Å²) in [6, 6.07) is 6.74. The fourth-order valence-corrected chi connectivity index (χ4v) is 3.20. The lowest BCUT2D eigenvalue weighted by Crippen LogP contribution is -2.22. The van der Waals surface area contributed by atoms with Crippen LogP contribution in [0.4, 0.5) is 0 Å². The Morgan fingerprint density at radius 2 is 1.88 bits per heavy atom. The highest BCUT2D eigenvalue weighted by Crippen LogP contribution is 2.17. The maximum atomic E-state index is 12.1. The third kappa shape index (κ3) is 3.40. The number of hydrogen-bond acceptors (Lipinski definition) is 3. The molecule has 1 unspecified atom stereocenters. The molecule has 1 rings (SSSR count). The van der Waals surface area contributed by atoms with Gasteiger partial charge in [-0.2, -0.15) is 0 Å². The van der Waals surface area contributed by atoms with E-state index in [4.69, 9.17) is 0 Å². The second-order valence-electron chi connectivity index (χ2n) is 4.30. The fraction of sp³-hybridized carbons (Fsp3) is 0.462. The van der Waals surface area contributed by atoms with Crippen LogP contribution in [0.2, 0.25) is 0 Å². The van der Waals surface area contributed by atoms with Crippen molar-refractivity contribution in [3.8, 4) is 0 Å². The number of hydrogen-bond donors (Lipinski definition) is 0. The van der Waals surface area contributed by atoms with E-state index in [1.54, 1.807) is 38.1 Å². The fourth-order valence-electron chi connectivity index (χ4n) is 1.54. The van der Waals surface area contributed by atoms with Crippen LogP contribution in [0, 0.1) is 12.8 Å². The lowest BCUT2D eigenvalue weighted by Gasteiger charge is -2.09. The van der Waals surface area contributed by atoms with Gasteiger partial charge in [0.15, 0.2) is 15.6 Å². The smallest absolute Gasteiger partial charge is 0.185 e. The van der Waals surface area contributed by atoms with Crippen LogP contribution in [0.5, 0.6) is 0 Å². The molecule has 0 spiro atoms. The highest BCUT2D eigenvalue weighted by atomic mass is 32.2. The van der Waals surface area contributed by atoms with E-state index in [0.717, 1.165) is 0 Å². The Hall–Kier alpha value is -1.16. The van der Waals surface area contributed by atoms with Crippen molar-refractivity contribution in [3.63, 3.8) is 0 Å². The minimum Gasteiger partial charge on any atom is -0.298 e. The lowest BCUT2D eigenvalue weighted by molar-refractivity contribution is -0.119. The molecule has 0 saturated heterocycles. The average Bonchev–Trinajstić information content (AvgIpc) is 2.27. The number of rotatable bonds is 5. The van der Waals surface area contributed by atoms with Gasteiger partial charge in [-0.1, -0.05) is 32.0 Å². The predicted molar refractivity (Wildman–Crippen MR) is 67.7 cm³/mol. The molecule has 0 amide bonds. The third-order valence-electron chi connectivity index (χ3n) is 2.92. The monoisotopic (exact) mass is 254 g/mol. The zero-order valence-electron chi connectivity index (χ0n) is 10.4. The first-order chi connectivity index (χ1) is 7.88. The van der Waals surface area contributed by atoms with Gasteiger partial charge < -0.3 is 0 Å². The van der Waals surface area contributed by atoms with Crippen molar-refractivity contribution in [1.29, 1.82) is 0 Å². The maximum absolute atomic E-state index is 12.1. The first-order valence-corrected chi connectivity index (χ1v) is 7.34. The molecule has 0 aliphatic rings. The van der Waals surface area contributed by atoms with E-state index >= 15 is 0 Å². The molecule has 0 saturated carbocycles. The highest BCUT2D eigenvalue weighted by molar-refractivity contribution is 7.92. The highest BCUT2D eigenvalue weighted by Gasteiger charge is 2.23. The van der Waals surface area contributed by atoms with E-state index in [1.807, 2.05) is 6.92 Å². The number of benzene rings is 1. The summed E-state index contributed by atoms with van der Waals surface area (Å²) >= 11 is 0. The quantitative estimate of drug-likeness (QED) is 0.810. The summed E-state index contributed by atoms with van der Waals surface area (Å²) in [4.78, 5) is 12.0. The van der Waals surface area contributed by atoms with Gasteiger partial charge >= 0.3 is 0 Å². The van der Waals surface area contributed by atoms with E-state index < -0.39 is 15.6 Å². The summed E-state index contributed by atoms with van der Waals surface area (Å²) in [7, 11) is -3.49.